The third-order valence-electron chi connectivity index (χ3n) is 1.83. The van der Waals surface area contributed by atoms with E-state index in [1.165, 1.54) is 0 Å². The van der Waals surface area contributed by atoms with Crippen molar-refractivity contribution in [1.29, 1.82) is 0 Å². The highest BCUT2D eigenvalue weighted by atomic mass is 35.5. The van der Waals surface area contributed by atoms with Gasteiger partial charge in [0.25, 0.3) is 0 Å². The van der Waals surface area contributed by atoms with Crippen LogP contribution in [-0.4, -0.2) is 17.1 Å². The van der Waals surface area contributed by atoms with E-state index in [9.17, 15) is 0 Å². The predicted octanol–water partition coefficient (Wildman–Crippen LogP) is 3.37. The van der Waals surface area contributed by atoms with E-state index in [2.05, 4.69) is 9.97 Å². The van der Waals surface area contributed by atoms with Gasteiger partial charge in [0.1, 0.15) is 10.9 Å². The van der Waals surface area contributed by atoms with Gasteiger partial charge in [0.05, 0.1) is 12.6 Å². The number of aromatic nitrogens is 2. The van der Waals surface area contributed by atoms with Crippen molar-refractivity contribution in [3.05, 3.63) is 28.6 Å². The fraction of sp³-hybridized carbons (Fsp3) is 0.111. The summed E-state index contributed by atoms with van der Waals surface area (Å²) < 4.78 is 5.06. The third kappa shape index (κ3) is 2.43. The van der Waals surface area contributed by atoms with Crippen LogP contribution in [0.4, 0.5) is 0 Å². The number of hydrogen-bond acceptors (Lipinski definition) is 3. The van der Waals surface area contributed by atoms with Crippen molar-refractivity contribution >= 4 is 46.5 Å². The molecule has 1 aromatic carbocycles. The Kier molecular flexibility index (Phi) is 3.97. The van der Waals surface area contributed by atoms with E-state index >= 15 is 0 Å². The topological polar surface area (TPSA) is 35.0 Å². The minimum atomic E-state index is 0. The molecule has 0 saturated heterocycles. The van der Waals surface area contributed by atoms with Crippen molar-refractivity contribution in [3.8, 4) is 5.75 Å². The molecule has 0 radical (unpaired) electrons. The first-order valence-corrected chi connectivity index (χ1v) is 4.63. The van der Waals surface area contributed by atoms with Crippen molar-refractivity contribution in [2.75, 3.05) is 7.11 Å². The average Bonchev–Trinajstić information content (AvgIpc) is 2.16. The zero-order valence-corrected chi connectivity index (χ0v) is 10.0. The summed E-state index contributed by atoms with van der Waals surface area (Å²) in [5, 5.41) is 1.25. The molecule has 0 aliphatic rings. The number of ether oxygens (including phenoxy) is 1. The molecule has 0 fully saturated rings. The Morgan fingerprint density at radius 1 is 1.20 bits per heavy atom. The number of halogens is 3. The minimum Gasteiger partial charge on any atom is -0.497 e. The largest absolute Gasteiger partial charge is 0.497 e. The molecule has 6 heteroatoms. The lowest BCUT2D eigenvalue weighted by molar-refractivity contribution is 0.415. The Bertz CT molecular complexity index is 490. The molecule has 0 bridgehead atoms. The van der Waals surface area contributed by atoms with Gasteiger partial charge in [-0.2, -0.15) is 0 Å². The number of benzene rings is 1. The van der Waals surface area contributed by atoms with Crippen LogP contribution in [0.1, 0.15) is 0 Å². The Labute approximate surface area is 103 Å². The van der Waals surface area contributed by atoms with Crippen LogP contribution >= 0.6 is 35.6 Å². The quantitative estimate of drug-likeness (QED) is 0.586. The number of rotatable bonds is 1. The van der Waals surface area contributed by atoms with E-state index in [0.717, 1.165) is 5.39 Å². The Balaban J connectivity index is 0.00000112. The summed E-state index contributed by atoms with van der Waals surface area (Å²) in [5.74, 6) is 0.711. The summed E-state index contributed by atoms with van der Waals surface area (Å²) in [5.41, 5.74) is 0.675. The summed E-state index contributed by atoms with van der Waals surface area (Å²) in [6.45, 7) is 0. The molecule has 1 aromatic heterocycles. The van der Waals surface area contributed by atoms with Gasteiger partial charge in [0, 0.05) is 11.5 Å². The maximum atomic E-state index is 5.88. The van der Waals surface area contributed by atoms with E-state index in [1.54, 1.807) is 25.3 Å². The van der Waals surface area contributed by atoms with Crippen LogP contribution in [0.2, 0.25) is 10.4 Å². The van der Waals surface area contributed by atoms with Crippen LogP contribution in [-0.2, 0) is 0 Å². The highest BCUT2D eigenvalue weighted by Crippen LogP contribution is 2.25. The predicted molar refractivity (Wildman–Crippen MR) is 63.4 cm³/mol. The molecule has 0 atom stereocenters. The van der Waals surface area contributed by atoms with Gasteiger partial charge >= 0.3 is 0 Å². The lowest BCUT2D eigenvalue weighted by atomic mass is 10.2. The molecule has 0 unspecified atom stereocenters. The smallest absolute Gasteiger partial charge is 0.224 e. The van der Waals surface area contributed by atoms with Crippen molar-refractivity contribution in [2.45, 2.75) is 0 Å². The van der Waals surface area contributed by atoms with Crippen LogP contribution in [0.15, 0.2) is 18.2 Å². The number of fused-ring (bicyclic) bond motifs is 1. The molecule has 80 valence electrons. The normalized spacial score (nSPS) is 9.80. The molecule has 0 amide bonds. The molecule has 0 N–H and O–H groups in total. The van der Waals surface area contributed by atoms with Crippen LogP contribution in [0.3, 0.4) is 0 Å². The maximum Gasteiger partial charge on any atom is 0.224 e. The molecule has 15 heavy (non-hydrogen) atoms. The molecule has 1 heterocycles. The monoisotopic (exact) mass is 264 g/mol. The molecular formula is C9H7Cl3N2O. The summed E-state index contributed by atoms with van der Waals surface area (Å²) in [7, 11) is 1.59. The van der Waals surface area contributed by atoms with Crippen LogP contribution < -0.4 is 4.74 Å². The van der Waals surface area contributed by atoms with Gasteiger partial charge in [-0.15, -0.1) is 12.4 Å². The van der Waals surface area contributed by atoms with Gasteiger partial charge in [-0.25, -0.2) is 9.97 Å². The average molecular weight is 266 g/mol. The van der Waals surface area contributed by atoms with Gasteiger partial charge in [-0.05, 0) is 23.7 Å². The Morgan fingerprint density at radius 2 is 1.93 bits per heavy atom. The molecule has 2 rings (SSSR count). The second-order valence-corrected chi connectivity index (χ2v) is 3.36. The van der Waals surface area contributed by atoms with E-state index in [1.807, 2.05) is 0 Å². The van der Waals surface area contributed by atoms with Crippen molar-refractivity contribution < 1.29 is 4.74 Å². The SMILES string of the molecule is COc1ccc2c(Cl)nc(Cl)nc2c1.Cl. The standard InChI is InChI=1S/C9H6Cl2N2O.ClH/c1-14-5-2-3-6-7(4-5)12-9(11)13-8(6)10;/h2-4H,1H3;1H. The van der Waals surface area contributed by atoms with E-state index in [-0.39, 0.29) is 17.7 Å². The molecule has 0 saturated carbocycles. The van der Waals surface area contributed by atoms with Gasteiger partial charge < -0.3 is 4.74 Å². The number of nitrogens with zero attached hydrogens (tertiary/aromatic N) is 2. The van der Waals surface area contributed by atoms with Crippen LogP contribution in [0, 0.1) is 0 Å². The van der Waals surface area contributed by atoms with Crippen LogP contribution in [0.5, 0.6) is 5.75 Å². The molecule has 0 aliphatic carbocycles. The summed E-state index contributed by atoms with van der Waals surface area (Å²) in [6.07, 6.45) is 0. The maximum absolute atomic E-state index is 5.88. The summed E-state index contributed by atoms with van der Waals surface area (Å²) >= 11 is 11.6. The first-order valence-electron chi connectivity index (χ1n) is 3.87. The molecule has 2 aromatic rings. The second-order valence-electron chi connectivity index (χ2n) is 2.67. The van der Waals surface area contributed by atoms with Gasteiger partial charge in [-0.1, -0.05) is 11.6 Å². The zero-order valence-electron chi connectivity index (χ0n) is 7.70. The number of hydrogen-bond donors (Lipinski definition) is 0. The lowest BCUT2D eigenvalue weighted by Gasteiger charge is -2.02. The van der Waals surface area contributed by atoms with Crippen molar-refractivity contribution in [3.63, 3.8) is 0 Å². The van der Waals surface area contributed by atoms with Crippen LogP contribution in [0.25, 0.3) is 10.9 Å². The van der Waals surface area contributed by atoms with E-state index < -0.39 is 0 Å². The van der Waals surface area contributed by atoms with E-state index in [0.29, 0.717) is 16.4 Å². The first kappa shape index (κ1) is 12.3. The fourth-order valence-electron chi connectivity index (χ4n) is 1.17. The fourth-order valence-corrected chi connectivity index (χ4v) is 1.63. The molecule has 0 aliphatic heterocycles. The molecule has 0 spiro atoms. The molecule has 3 nitrogen and oxygen atoms in total. The summed E-state index contributed by atoms with van der Waals surface area (Å²) in [4.78, 5) is 7.87. The third-order valence-corrected chi connectivity index (χ3v) is 2.29. The Morgan fingerprint density at radius 3 is 2.60 bits per heavy atom. The Hall–Kier alpha value is -0.770. The number of methoxy groups -OCH3 is 1. The minimum absolute atomic E-state index is 0. The van der Waals surface area contributed by atoms with Gasteiger partial charge in [-0.3, -0.25) is 0 Å². The highest BCUT2D eigenvalue weighted by molar-refractivity contribution is 6.35. The highest BCUT2D eigenvalue weighted by Gasteiger charge is 2.05. The van der Waals surface area contributed by atoms with Gasteiger partial charge in [0.15, 0.2) is 0 Å². The lowest BCUT2D eigenvalue weighted by Crippen LogP contribution is -1.88. The molecular weight excluding hydrogens is 258 g/mol. The van der Waals surface area contributed by atoms with E-state index in [4.69, 9.17) is 27.9 Å². The second kappa shape index (κ2) is 4.84. The van der Waals surface area contributed by atoms with Gasteiger partial charge in [0.2, 0.25) is 5.28 Å². The first-order chi connectivity index (χ1) is 6.70. The summed E-state index contributed by atoms with van der Waals surface area (Å²) in [6, 6.07) is 5.35. The van der Waals surface area contributed by atoms with Crippen molar-refractivity contribution in [1.82, 2.24) is 9.97 Å². The van der Waals surface area contributed by atoms with Crippen molar-refractivity contribution in [2.24, 2.45) is 0 Å². The zero-order chi connectivity index (χ0) is 10.1.